The van der Waals surface area contributed by atoms with Crippen LogP contribution in [0.1, 0.15) is 31.4 Å². The van der Waals surface area contributed by atoms with Gasteiger partial charge in [0.1, 0.15) is 11.9 Å². The maximum Gasteiger partial charge on any atom is 0.309 e. The topological polar surface area (TPSA) is 35.5 Å². The van der Waals surface area contributed by atoms with Crippen molar-refractivity contribution in [1.29, 1.82) is 0 Å². The molecule has 1 aromatic carbocycles. The molecule has 0 aliphatic carbocycles. The summed E-state index contributed by atoms with van der Waals surface area (Å²) in [6.45, 7) is 8.12. The van der Waals surface area contributed by atoms with Gasteiger partial charge in [0.05, 0.1) is 13.0 Å². The maximum absolute atomic E-state index is 11.3. The average molecular weight is 236 g/mol. The van der Waals surface area contributed by atoms with E-state index >= 15 is 0 Å². The molecule has 0 fully saturated rings. The lowest BCUT2D eigenvalue weighted by Crippen LogP contribution is -2.19. The SMILES string of the molecule is CCOC(=O)CC(C)Oc1ccc(C)cc1C. The Labute approximate surface area is 103 Å². The predicted molar refractivity (Wildman–Crippen MR) is 67.3 cm³/mol. The second-order valence-electron chi connectivity index (χ2n) is 4.21. The molecule has 0 spiro atoms. The molecule has 0 aliphatic heterocycles. The highest BCUT2D eigenvalue weighted by Gasteiger charge is 2.12. The standard InChI is InChI=1S/C14H20O3/c1-5-16-14(15)9-12(4)17-13-7-6-10(2)8-11(13)3/h6-8,12H,5,9H2,1-4H3. The summed E-state index contributed by atoms with van der Waals surface area (Å²) in [6, 6.07) is 6.00. The highest BCUT2D eigenvalue weighted by molar-refractivity contribution is 5.69. The van der Waals surface area contributed by atoms with Crippen molar-refractivity contribution in [2.75, 3.05) is 6.61 Å². The van der Waals surface area contributed by atoms with Crippen LogP contribution in [-0.2, 0) is 9.53 Å². The summed E-state index contributed by atoms with van der Waals surface area (Å²) >= 11 is 0. The molecule has 3 nitrogen and oxygen atoms in total. The second-order valence-corrected chi connectivity index (χ2v) is 4.21. The van der Waals surface area contributed by atoms with Crippen molar-refractivity contribution in [2.24, 2.45) is 0 Å². The van der Waals surface area contributed by atoms with Gasteiger partial charge in [0, 0.05) is 0 Å². The Bertz CT molecular complexity index is 385. The van der Waals surface area contributed by atoms with Crippen molar-refractivity contribution in [3.63, 3.8) is 0 Å². The van der Waals surface area contributed by atoms with Crippen molar-refractivity contribution in [1.82, 2.24) is 0 Å². The summed E-state index contributed by atoms with van der Waals surface area (Å²) in [5.74, 6) is 0.608. The van der Waals surface area contributed by atoms with E-state index in [1.54, 1.807) is 6.92 Å². The smallest absolute Gasteiger partial charge is 0.309 e. The molecule has 3 heteroatoms. The van der Waals surface area contributed by atoms with Crippen molar-refractivity contribution in [3.8, 4) is 5.75 Å². The van der Waals surface area contributed by atoms with Gasteiger partial charge < -0.3 is 9.47 Å². The minimum absolute atomic E-state index is 0.171. The molecule has 1 atom stereocenters. The van der Waals surface area contributed by atoms with E-state index in [9.17, 15) is 4.79 Å². The zero-order valence-electron chi connectivity index (χ0n) is 10.9. The third-order valence-corrected chi connectivity index (χ3v) is 2.42. The van der Waals surface area contributed by atoms with Gasteiger partial charge >= 0.3 is 5.97 Å². The maximum atomic E-state index is 11.3. The normalized spacial score (nSPS) is 12.0. The first-order valence-electron chi connectivity index (χ1n) is 5.92. The molecule has 0 aliphatic rings. The van der Waals surface area contributed by atoms with Crippen molar-refractivity contribution in [3.05, 3.63) is 29.3 Å². The molecule has 0 radical (unpaired) electrons. The Hall–Kier alpha value is -1.51. The number of esters is 1. The largest absolute Gasteiger partial charge is 0.490 e. The Morgan fingerprint density at radius 2 is 2.06 bits per heavy atom. The quantitative estimate of drug-likeness (QED) is 0.737. The van der Waals surface area contributed by atoms with Crippen molar-refractivity contribution in [2.45, 2.75) is 40.2 Å². The number of carbonyl (C=O) groups is 1. The molecule has 94 valence electrons. The Kier molecular flexibility index (Phi) is 5.01. The number of aryl methyl sites for hydroxylation is 2. The zero-order valence-corrected chi connectivity index (χ0v) is 10.9. The predicted octanol–water partition coefficient (Wildman–Crippen LogP) is 3.02. The second kappa shape index (κ2) is 6.28. The molecule has 0 saturated heterocycles. The summed E-state index contributed by atoms with van der Waals surface area (Å²) < 4.78 is 10.6. The monoisotopic (exact) mass is 236 g/mol. The van der Waals surface area contributed by atoms with Gasteiger partial charge in [0.15, 0.2) is 0 Å². The van der Waals surface area contributed by atoms with Crippen molar-refractivity contribution < 1.29 is 14.3 Å². The lowest BCUT2D eigenvalue weighted by atomic mass is 10.1. The molecule has 0 amide bonds. The van der Waals surface area contributed by atoms with E-state index < -0.39 is 0 Å². The van der Waals surface area contributed by atoms with Gasteiger partial charge in [0.2, 0.25) is 0 Å². The molecule has 0 N–H and O–H groups in total. The molecule has 0 aromatic heterocycles. The van der Waals surface area contributed by atoms with Crippen LogP contribution in [0, 0.1) is 13.8 Å². The summed E-state index contributed by atoms with van der Waals surface area (Å²) in [5.41, 5.74) is 2.29. The average Bonchev–Trinajstić information content (AvgIpc) is 2.22. The first-order valence-corrected chi connectivity index (χ1v) is 5.92. The Balaban J connectivity index is 2.55. The molecule has 0 bridgehead atoms. The van der Waals surface area contributed by atoms with Crippen molar-refractivity contribution >= 4 is 5.97 Å². The Morgan fingerprint density at radius 1 is 1.35 bits per heavy atom. The first-order chi connectivity index (χ1) is 8.02. The highest BCUT2D eigenvalue weighted by Crippen LogP contribution is 2.20. The molecular weight excluding hydrogens is 216 g/mol. The van der Waals surface area contributed by atoms with Gasteiger partial charge in [-0.2, -0.15) is 0 Å². The fourth-order valence-electron chi connectivity index (χ4n) is 1.64. The van der Waals surface area contributed by atoms with Gasteiger partial charge in [-0.1, -0.05) is 17.7 Å². The lowest BCUT2D eigenvalue weighted by molar-refractivity contribution is -0.144. The number of carbonyl (C=O) groups excluding carboxylic acids is 1. The molecular formula is C14H20O3. The molecule has 0 saturated carbocycles. The van der Waals surface area contributed by atoms with E-state index in [0.29, 0.717) is 6.61 Å². The Morgan fingerprint density at radius 3 is 2.65 bits per heavy atom. The molecule has 0 heterocycles. The number of hydrogen-bond donors (Lipinski definition) is 0. The number of rotatable bonds is 5. The molecule has 1 rings (SSSR count). The summed E-state index contributed by atoms with van der Waals surface area (Å²) in [5, 5.41) is 0. The zero-order chi connectivity index (χ0) is 12.8. The summed E-state index contributed by atoms with van der Waals surface area (Å²) in [6.07, 6.45) is 0.108. The van der Waals surface area contributed by atoms with E-state index in [4.69, 9.17) is 9.47 Å². The van der Waals surface area contributed by atoms with Crippen LogP contribution in [0.2, 0.25) is 0 Å². The van der Waals surface area contributed by atoms with Gasteiger partial charge in [-0.15, -0.1) is 0 Å². The minimum atomic E-state index is -0.218. The van der Waals surface area contributed by atoms with Crippen LogP contribution in [0.25, 0.3) is 0 Å². The van der Waals surface area contributed by atoms with Crippen LogP contribution in [0.4, 0.5) is 0 Å². The van der Waals surface area contributed by atoms with E-state index in [-0.39, 0.29) is 18.5 Å². The molecule has 1 unspecified atom stereocenters. The van der Waals surface area contributed by atoms with Crippen LogP contribution in [0.3, 0.4) is 0 Å². The van der Waals surface area contributed by atoms with Crippen LogP contribution in [0.15, 0.2) is 18.2 Å². The van der Waals surface area contributed by atoms with Gasteiger partial charge in [-0.3, -0.25) is 4.79 Å². The third-order valence-electron chi connectivity index (χ3n) is 2.42. The van der Waals surface area contributed by atoms with Gasteiger partial charge in [0.25, 0.3) is 0 Å². The summed E-state index contributed by atoms with van der Waals surface area (Å²) in [7, 11) is 0. The fourth-order valence-corrected chi connectivity index (χ4v) is 1.64. The van der Waals surface area contributed by atoms with Gasteiger partial charge in [-0.25, -0.2) is 0 Å². The van der Waals surface area contributed by atoms with E-state index in [1.807, 2.05) is 32.9 Å². The number of hydrogen-bond acceptors (Lipinski definition) is 3. The van der Waals surface area contributed by atoms with E-state index in [2.05, 4.69) is 6.07 Å². The van der Waals surface area contributed by atoms with Crippen LogP contribution >= 0.6 is 0 Å². The summed E-state index contributed by atoms with van der Waals surface area (Å²) in [4.78, 5) is 11.3. The first kappa shape index (κ1) is 13.6. The van der Waals surface area contributed by atoms with Crippen LogP contribution in [0.5, 0.6) is 5.75 Å². The number of benzene rings is 1. The fraction of sp³-hybridized carbons (Fsp3) is 0.500. The van der Waals surface area contributed by atoms with Crippen LogP contribution in [-0.4, -0.2) is 18.7 Å². The molecule has 17 heavy (non-hydrogen) atoms. The molecule has 1 aromatic rings. The van der Waals surface area contributed by atoms with E-state index in [1.165, 1.54) is 5.56 Å². The number of ether oxygens (including phenoxy) is 2. The lowest BCUT2D eigenvalue weighted by Gasteiger charge is -2.16. The van der Waals surface area contributed by atoms with Crippen LogP contribution < -0.4 is 4.74 Å². The highest BCUT2D eigenvalue weighted by atomic mass is 16.5. The third kappa shape index (κ3) is 4.47. The minimum Gasteiger partial charge on any atom is -0.490 e. The van der Waals surface area contributed by atoms with E-state index in [0.717, 1.165) is 11.3 Å². The van der Waals surface area contributed by atoms with Gasteiger partial charge in [-0.05, 0) is 39.3 Å².